The van der Waals surface area contributed by atoms with Crippen LogP contribution in [0.25, 0.3) is 0 Å². The Kier molecular flexibility index (Phi) is 4.60. The molecule has 0 unspecified atom stereocenters. The van der Waals surface area contributed by atoms with Gasteiger partial charge >= 0.3 is 14.8 Å². The predicted octanol–water partition coefficient (Wildman–Crippen LogP) is 0.204. The van der Waals surface area contributed by atoms with Crippen LogP contribution in [0, 0.1) is 14.8 Å². The van der Waals surface area contributed by atoms with E-state index in [4.69, 9.17) is 0 Å². The van der Waals surface area contributed by atoms with Crippen LogP contribution in [0.4, 0.5) is 0 Å². The van der Waals surface area contributed by atoms with Gasteiger partial charge in [-0.2, -0.15) is 0 Å². The van der Waals surface area contributed by atoms with Crippen molar-refractivity contribution in [2.24, 2.45) is 0 Å². The summed E-state index contributed by atoms with van der Waals surface area (Å²) in [5, 5.41) is 0.442. The first-order valence-corrected chi connectivity index (χ1v) is 6.94. The van der Waals surface area contributed by atoms with Gasteiger partial charge in [-0.1, -0.05) is 15.9 Å². The van der Waals surface area contributed by atoms with Gasteiger partial charge in [0, 0.05) is 11.5 Å². The zero-order valence-corrected chi connectivity index (χ0v) is 10.9. The SMILES string of the molecule is [O-][Br+2]([O-])Oc1c(Br)ccnc1CBr. The molecule has 0 aliphatic rings. The van der Waals surface area contributed by atoms with E-state index in [9.17, 15) is 8.40 Å². The summed E-state index contributed by atoms with van der Waals surface area (Å²) in [6.07, 6.45) is 1.57. The Morgan fingerprint density at radius 2 is 2.23 bits per heavy atom. The fourth-order valence-corrected chi connectivity index (χ4v) is 2.37. The quantitative estimate of drug-likeness (QED) is 0.706. The van der Waals surface area contributed by atoms with E-state index in [1.807, 2.05) is 0 Å². The molecule has 0 spiro atoms. The van der Waals surface area contributed by atoms with Crippen molar-refractivity contribution in [1.82, 2.24) is 4.98 Å². The Hall–Kier alpha value is 0.310. The topological polar surface area (TPSA) is 68.2 Å². The molecule has 72 valence electrons. The van der Waals surface area contributed by atoms with Crippen molar-refractivity contribution in [2.45, 2.75) is 5.33 Å². The standard InChI is InChI=1S/C6H4Br3NO3/c7-3-5-6(13-9(11)12)4(8)1-2-10-5/h1-2H,3H2. The van der Waals surface area contributed by atoms with Gasteiger partial charge in [-0.05, 0) is 22.0 Å². The molecule has 7 heteroatoms. The molecule has 0 fully saturated rings. The molecule has 0 atom stereocenters. The van der Waals surface area contributed by atoms with E-state index in [1.54, 1.807) is 12.3 Å². The minimum Gasteiger partial charge on any atom is -0.361 e. The summed E-state index contributed by atoms with van der Waals surface area (Å²) in [6.45, 7) is 0. The van der Waals surface area contributed by atoms with Gasteiger partial charge < -0.3 is 8.40 Å². The number of nitrogens with zero attached hydrogens (tertiary/aromatic N) is 1. The molecule has 0 saturated carbocycles. The Labute approximate surface area is 97.0 Å². The molecule has 0 aliphatic heterocycles. The van der Waals surface area contributed by atoms with Crippen LogP contribution in [0.3, 0.4) is 0 Å². The van der Waals surface area contributed by atoms with E-state index in [1.165, 1.54) is 0 Å². The maximum Gasteiger partial charge on any atom is 0.501 e. The molecular formula is C6H4Br3NO3. The van der Waals surface area contributed by atoms with Crippen molar-refractivity contribution in [3.05, 3.63) is 22.4 Å². The van der Waals surface area contributed by atoms with Gasteiger partial charge in [0.25, 0.3) is 5.75 Å². The average molecular weight is 378 g/mol. The highest BCUT2D eigenvalue weighted by atomic mass is 80.0. The molecule has 0 saturated heterocycles. The first-order valence-electron chi connectivity index (χ1n) is 3.08. The smallest absolute Gasteiger partial charge is 0.361 e. The van der Waals surface area contributed by atoms with Crippen LogP contribution in [0.1, 0.15) is 5.69 Å². The molecule has 1 heterocycles. The lowest BCUT2D eigenvalue weighted by atomic mass is 10.3. The number of halogens is 3. The third-order valence-corrected chi connectivity index (χ3v) is 2.94. The second kappa shape index (κ2) is 5.26. The van der Waals surface area contributed by atoms with Gasteiger partial charge in [-0.3, -0.25) is 4.98 Å². The second-order valence-corrected chi connectivity index (χ2v) is 4.50. The summed E-state index contributed by atoms with van der Waals surface area (Å²) in [7, 11) is 0. The highest BCUT2D eigenvalue weighted by molar-refractivity contribution is 9.10. The number of alkyl halides is 1. The third kappa shape index (κ3) is 3.17. The maximum atomic E-state index is 10.4. The van der Waals surface area contributed by atoms with Crippen molar-refractivity contribution in [1.29, 1.82) is 0 Å². The van der Waals surface area contributed by atoms with Gasteiger partial charge in [-0.15, -0.1) is 3.83 Å². The second-order valence-electron chi connectivity index (χ2n) is 1.97. The van der Waals surface area contributed by atoms with E-state index in [-0.39, 0.29) is 5.75 Å². The number of hydrogen-bond acceptors (Lipinski definition) is 4. The van der Waals surface area contributed by atoms with Crippen molar-refractivity contribution < 1.29 is 27.0 Å². The Bertz CT molecular complexity index is 294. The number of rotatable bonds is 3. The van der Waals surface area contributed by atoms with Crippen LogP contribution in [-0.4, -0.2) is 4.98 Å². The predicted molar refractivity (Wildman–Crippen MR) is 45.2 cm³/mol. The monoisotopic (exact) mass is 375 g/mol. The summed E-state index contributed by atoms with van der Waals surface area (Å²) in [5.74, 6) is 0.249. The van der Waals surface area contributed by atoms with Crippen molar-refractivity contribution in [2.75, 3.05) is 0 Å². The van der Waals surface area contributed by atoms with Crippen LogP contribution in [0.15, 0.2) is 16.7 Å². The molecule has 1 aromatic heterocycles. The minimum absolute atomic E-state index is 0.249. The summed E-state index contributed by atoms with van der Waals surface area (Å²) >= 11 is 3.09. The molecule has 1 rings (SSSR count). The van der Waals surface area contributed by atoms with Crippen LogP contribution >= 0.6 is 31.9 Å². The lowest BCUT2D eigenvalue weighted by Gasteiger charge is -2.01. The molecule has 0 aromatic carbocycles. The zero-order chi connectivity index (χ0) is 9.84. The number of hydrogen-bond donors (Lipinski definition) is 0. The lowest BCUT2D eigenvalue weighted by Crippen LogP contribution is -2.37. The molecule has 0 amide bonds. The molecule has 0 bridgehead atoms. The van der Waals surface area contributed by atoms with Crippen molar-refractivity contribution in [3.8, 4) is 5.75 Å². The molecule has 0 N–H and O–H groups in total. The summed E-state index contributed by atoms with van der Waals surface area (Å²) < 4.78 is 26.0. The van der Waals surface area contributed by atoms with E-state index >= 15 is 0 Å². The van der Waals surface area contributed by atoms with Crippen molar-refractivity contribution >= 4 is 31.9 Å². The van der Waals surface area contributed by atoms with Crippen molar-refractivity contribution in [3.63, 3.8) is 0 Å². The fourth-order valence-electron chi connectivity index (χ4n) is 0.704. The summed E-state index contributed by atoms with van der Waals surface area (Å²) in [4.78, 5) is 3.95. The zero-order valence-electron chi connectivity index (χ0n) is 6.17. The normalized spacial score (nSPS) is 10.5. The largest absolute Gasteiger partial charge is 0.501 e. The van der Waals surface area contributed by atoms with Gasteiger partial charge in [0.2, 0.25) is 0 Å². The Morgan fingerprint density at radius 1 is 1.54 bits per heavy atom. The van der Waals surface area contributed by atoms with E-state index < -0.39 is 14.8 Å². The van der Waals surface area contributed by atoms with Gasteiger partial charge in [0.15, 0.2) is 0 Å². The molecule has 13 heavy (non-hydrogen) atoms. The van der Waals surface area contributed by atoms with Crippen LogP contribution in [0.2, 0.25) is 0 Å². The maximum absolute atomic E-state index is 10.4. The van der Waals surface area contributed by atoms with E-state index in [2.05, 4.69) is 40.7 Å². The Morgan fingerprint density at radius 3 is 2.77 bits per heavy atom. The van der Waals surface area contributed by atoms with E-state index in [0.717, 1.165) is 0 Å². The van der Waals surface area contributed by atoms with E-state index in [0.29, 0.717) is 15.5 Å². The Balaban J connectivity index is 3.00. The highest BCUT2D eigenvalue weighted by Gasteiger charge is 2.20. The van der Waals surface area contributed by atoms with Crippen LogP contribution < -0.4 is 12.2 Å². The average Bonchev–Trinajstić information content (AvgIpc) is 2.08. The lowest BCUT2D eigenvalue weighted by molar-refractivity contribution is -1.62. The molecule has 0 radical (unpaired) electrons. The first kappa shape index (κ1) is 11.4. The minimum atomic E-state index is -3.25. The molecule has 1 aromatic rings. The number of pyridine rings is 1. The van der Waals surface area contributed by atoms with Crippen LogP contribution in [-0.2, 0) is 5.33 Å². The molecule has 4 nitrogen and oxygen atoms in total. The third-order valence-electron chi connectivity index (χ3n) is 1.20. The first-order chi connectivity index (χ1) is 6.15. The molecular weight excluding hydrogens is 374 g/mol. The van der Waals surface area contributed by atoms with Gasteiger partial charge in [-0.25, -0.2) is 0 Å². The molecule has 0 aliphatic carbocycles. The number of aromatic nitrogens is 1. The highest BCUT2D eigenvalue weighted by Crippen LogP contribution is 2.29. The van der Waals surface area contributed by atoms with Crippen LogP contribution in [0.5, 0.6) is 5.75 Å². The van der Waals surface area contributed by atoms with Gasteiger partial charge in [0.05, 0.1) is 4.47 Å². The summed E-state index contributed by atoms with van der Waals surface area (Å²) in [5.41, 5.74) is 0.546. The summed E-state index contributed by atoms with van der Waals surface area (Å²) in [6, 6.07) is 1.62. The fraction of sp³-hybridized carbons (Fsp3) is 0.167. The van der Waals surface area contributed by atoms with Gasteiger partial charge in [0.1, 0.15) is 5.69 Å².